The van der Waals surface area contributed by atoms with Crippen LogP contribution >= 0.6 is 11.8 Å². The fourth-order valence-corrected chi connectivity index (χ4v) is 16.6. The van der Waals surface area contributed by atoms with E-state index in [4.69, 9.17) is 11.5 Å². The highest BCUT2D eigenvalue weighted by atomic mass is 32.2. The summed E-state index contributed by atoms with van der Waals surface area (Å²) < 4.78 is 0. The van der Waals surface area contributed by atoms with Crippen molar-refractivity contribution in [1.82, 2.24) is 77.3 Å². The van der Waals surface area contributed by atoms with Gasteiger partial charge >= 0.3 is 0 Å². The SMILES string of the molecule is CCCC[C@H]1C(=O)N(C)CC(=O)N[C@@H](CCN)C(=O)N[C@@H](C(C)C)C(=O)N(C)[C@@H](Cc2ccccc2)C(=O)N[C@@H](Cc2ccc(O)cc2)C(=O)N(C)CC(=O)N[C@@H](Cc2c[nH]c3ccccc23)C(=O)N[C@@H](CCc2ccc(O)cc2)C(=O)NCC(=O)N[C@H](C(=O)NCC(N)=O)C(CC(C)C)SCC(=O)N[C@@H](Cc2ccccc2)C(=O)N(C)[C@@H](Cc2ccccc2)C(=O)N1C. The van der Waals surface area contributed by atoms with Crippen molar-refractivity contribution in [2.24, 2.45) is 23.3 Å². The molecule has 15 amide bonds. The number of aromatic hydroxyl groups is 2. The Labute approximate surface area is 756 Å². The number of primary amides is 1. The van der Waals surface area contributed by atoms with Crippen LogP contribution < -0.4 is 59.3 Å². The van der Waals surface area contributed by atoms with Crippen molar-refractivity contribution in [3.05, 3.63) is 203 Å². The van der Waals surface area contributed by atoms with Gasteiger partial charge < -0.3 is 99.0 Å². The maximum atomic E-state index is 15.6. The number of unbranched alkanes of at least 4 members (excludes halogenated alkanes) is 1. The van der Waals surface area contributed by atoms with Crippen LogP contribution in [0.4, 0.5) is 0 Å². The summed E-state index contributed by atoms with van der Waals surface area (Å²) in [5, 5.41) is 44.7. The lowest BCUT2D eigenvalue weighted by Gasteiger charge is -2.37. The molecule has 1 aliphatic heterocycles. The predicted octanol–water partition coefficient (Wildman–Crippen LogP) is 2.59. The number of para-hydroxylation sites is 1. The van der Waals surface area contributed by atoms with Gasteiger partial charge in [-0.05, 0) is 114 Å². The van der Waals surface area contributed by atoms with Gasteiger partial charge in [-0.1, -0.05) is 181 Å². The van der Waals surface area contributed by atoms with Gasteiger partial charge in [0.1, 0.15) is 71.9 Å². The van der Waals surface area contributed by atoms with E-state index in [1.54, 1.807) is 147 Å². The second-order valence-corrected chi connectivity index (χ2v) is 34.6. The van der Waals surface area contributed by atoms with Crippen LogP contribution in [0.5, 0.6) is 11.5 Å². The van der Waals surface area contributed by atoms with Crippen LogP contribution in [0.1, 0.15) is 107 Å². The molecule has 0 aliphatic carbocycles. The molecule has 8 rings (SSSR count). The minimum atomic E-state index is -1.55. The summed E-state index contributed by atoms with van der Waals surface area (Å²) in [6.07, 6.45) is 1.81. The highest BCUT2D eigenvalue weighted by molar-refractivity contribution is 8.00. The number of hydrogen-bond acceptors (Lipinski definition) is 19. The maximum absolute atomic E-state index is 15.6. The first-order valence-corrected chi connectivity index (χ1v) is 44.3. The number of carbonyl (C=O) groups excluding carboxylic acids is 15. The Kier molecular flexibility index (Phi) is 39.1. The third kappa shape index (κ3) is 30.8. The fourth-order valence-electron chi connectivity index (χ4n) is 15.2. The molecule has 35 heteroatoms. The number of nitrogens with two attached hydrogens (primary N) is 2. The molecule has 692 valence electrons. The number of aromatic amines is 1. The first-order valence-electron chi connectivity index (χ1n) is 43.3. The highest BCUT2D eigenvalue weighted by Crippen LogP contribution is 2.27. The van der Waals surface area contributed by atoms with Gasteiger partial charge in [0.2, 0.25) is 88.6 Å². The topological polar surface area (TPSA) is 489 Å². The molecule has 0 bridgehead atoms. The van der Waals surface area contributed by atoms with Crippen LogP contribution in [0, 0.1) is 11.8 Å². The average molecular weight is 1800 g/mol. The minimum Gasteiger partial charge on any atom is -0.508 e. The van der Waals surface area contributed by atoms with Crippen molar-refractivity contribution in [3.8, 4) is 11.5 Å². The van der Waals surface area contributed by atoms with E-state index >= 15 is 33.6 Å². The summed E-state index contributed by atoms with van der Waals surface area (Å²) >= 11 is 0.934. The smallest absolute Gasteiger partial charge is 0.246 e. The van der Waals surface area contributed by atoms with Gasteiger partial charge in [-0.25, -0.2) is 0 Å². The summed E-state index contributed by atoms with van der Waals surface area (Å²) in [7, 11) is 6.83. The van der Waals surface area contributed by atoms with Crippen LogP contribution in [-0.2, 0) is 110 Å². The predicted molar refractivity (Wildman–Crippen MR) is 488 cm³/mol. The number of thioether (sulfide) groups is 1. The van der Waals surface area contributed by atoms with E-state index in [0.717, 1.165) is 26.5 Å². The Bertz CT molecular complexity index is 4990. The molecular formula is C94H123N17O17S. The molecule has 1 saturated heterocycles. The largest absolute Gasteiger partial charge is 0.508 e. The number of likely N-dealkylation sites (N-methyl/N-ethyl adjacent to an activating group) is 5. The van der Waals surface area contributed by atoms with Gasteiger partial charge in [-0.2, -0.15) is 0 Å². The lowest BCUT2D eigenvalue weighted by atomic mass is 9.98. The Morgan fingerprint density at radius 3 is 1.53 bits per heavy atom. The van der Waals surface area contributed by atoms with Crippen LogP contribution in [0.2, 0.25) is 0 Å². The minimum absolute atomic E-state index is 0.0552. The van der Waals surface area contributed by atoms with E-state index < -0.39 is 192 Å². The lowest BCUT2D eigenvalue weighted by Crippen LogP contribution is -2.61. The third-order valence-corrected chi connectivity index (χ3v) is 23.8. The number of amides is 15. The number of hydrogen-bond donors (Lipinski definition) is 14. The summed E-state index contributed by atoms with van der Waals surface area (Å²) in [6.45, 7) is 5.77. The first kappa shape index (κ1) is 101. The lowest BCUT2D eigenvalue weighted by molar-refractivity contribution is -0.151. The number of phenolic OH excluding ortho intramolecular Hbond substituents is 2. The van der Waals surface area contributed by atoms with Crippen molar-refractivity contribution < 1.29 is 82.1 Å². The molecule has 7 aromatic rings. The zero-order chi connectivity index (χ0) is 94.1. The molecule has 11 atom stereocenters. The zero-order valence-electron chi connectivity index (χ0n) is 74.7. The normalized spacial score (nSPS) is 21.9. The number of carbonyl (C=O) groups is 15. The number of aryl methyl sites for hydroxylation is 1. The molecule has 1 aliphatic rings. The van der Waals surface area contributed by atoms with E-state index in [-0.39, 0.29) is 88.2 Å². The average Bonchev–Trinajstić information content (AvgIpc) is 1.79. The van der Waals surface area contributed by atoms with Crippen LogP contribution in [-0.4, -0.2) is 268 Å². The molecule has 16 N–H and O–H groups in total. The van der Waals surface area contributed by atoms with E-state index in [1.165, 1.54) is 81.4 Å². The quantitative estimate of drug-likeness (QED) is 0.0413. The zero-order valence-corrected chi connectivity index (χ0v) is 75.5. The molecule has 1 fully saturated rings. The summed E-state index contributed by atoms with van der Waals surface area (Å²) in [5.74, 6) is -14.0. The van der Waals surface area contributed by atoms with Crippen molar-refractivity contribution in [3.63, 3.8) is 0 Å². The number of phenols is 2. The number of rotatable bonds is 24. The molecule has 1 unspecified atom stereocenters. The van der Waals surface area contributed by atoms with Crippen molar-refractivity contribution >= 4 is 111 Å². The van der Waals surface area contributed by atoms with Gasteiger partial charge in [0.05, 0.1) is 31.9 Å². The highest BCUT2D eigenvalue weighted by Gasteiger charge is 2.42. The van der Waals surface area contributed by atoms with Crippen molar-refractivity contribution in [2.45, 2.75) is 177 Å². The van der Waals surface area contributed by atoms with Gasteiger partial charge in [0.25, 0.3) is 0 Å². The van der Waals surface area contributed by atoms with Gasteiger partial charge in [-0.3, -0.25) is 71.9 Å². The number of fused-ring (bicyclic) bond motifs is 1. The van der Waals surface area contributed by atoms with Crippen LogP contribution in [0.25, 0.3) is 10.9 Å². The molecule has 2 heterocycles. The molecular weight excluding hydrogens is 1670 g/mol. The van der Waals surface area contributed by atoms with Crippen molar-refractivity contribution in [2.75, 3.05) is 73.7 Å². The second-order valence-electron chi connectivity index (χ2n) is 33.4. The maximum Gasteiger partial charge on any atom is 0.246 e. The third-order valence-electron chi connectivity index (χ3n) is 22.5. The van der Waals surface area contributed by atoms with E-state index in [2.05, 4.69) is 52.8 Å². The molecule has 0 saturated carbocycles. The first-order chi connectivity index (χ1) is 61.5. The Hall–Kier alpha value is -13.2. The summed E-state index contributed by atoms with van der Waals surface area (Å²) in [4.78, 5) is 231. The number of H-pyrrole nitrogens is 1. The Balaban J connectivity index is 1.20. The second kappa shape index (κ2) is 49.8. The molecule has 0 radical (unpaired) electrons. The molecule has 6 aromatic carbocycles. The van der Waals surface area contributed by atoms with E-state index in [1.807, 2.05) is 20.8 Å². The Morgan fingerprint density at radius 2 is 0.961 bits per heavy atom. The van der Waals surface area contributed by atoms with Crippen LogP contribution in [0.3, 0.4) is 0 Å². The summed E-state index contributed by atoms with van der Waals surface area (Å²) in [6, 6.07) is 30.9. The Morgan fingerprint density at radius 1 is 0.473 bits per heavy atom. The molecule has 34 nitrogen and oxygen atoms in total. The van der Waals surface area contributed by atoms with Gasteiger partial charge in [-0.15, -0.1) is 11.8 Å². The molecule has 1 aromatic heterocycles. The van der Waals surface area contributed by atoms with E-state index in [0.29, 0.717) is 57.1 Å². The number of aromatic nitrogens is 1. The number of nitrogens with zero attached hydrogens (tertiary/aromatic N) is 5. The number of nitrogens with one attached hydrogen (secondary N) is 10. The van der Waals surface area contributed by atoms with Gasteiger partial charge in [0.15, 0.2) is 0 Å². The van der Waals surface area contributed by atoms with Gasteiger partial charge in [0, 0.05) is 89.7 Å². The van der Waals surface area contributed by atoms with E-state index in [9.17, 15) is 48.6 Å². The monoisotopic (exact) mass is 1790 g/mol. The van der Waals surface area contributed by atoms with Crippen molar-refractivity contribution in [1.29, 1.82) is 0 Å². The summed E-state index contributed by atoms with van der Waals surface area (Å²) in [5.41, 5.74) is 15.7. The molecule has 0 spiro atoms. The molecule has 129 heavy (non-hydrogen) atoms. The fraction of sp³-hybridized carbons (Fsp3) is 0.436. The van der Waals surface area contributed by atoms with Crippen LogP contribution in [0.15, 0.2) is 170 Å². The number of benzene rings is 6. The standard InChI is InChI=1S/C94H123N17O17S/c1-11-12-32-74-92(126)108(7)55-80(116)100-70(43-44-95)86(120)106-83(58(4)5)94(128)110(9)75(48-61-26-18-14-19-27-61)88(122)104-72(47-63-35-40-66(113)41-36-63)90(124)107(6)54-81(117)101-71(50-64-51-97-68-31-23-22-30-67(64)68)87(121)103-69(42-37-59-33-38-65(112)39-34-59)85(119)99-53-79(115)105-84(89(123)98-52-78(96)114)77(45-57(2)3)129-56-82(118)102-73(46-60-24-16-13-17-25-60)91(125)111(10)76(93(127)109(74)8)49-62-28-20-15-21-29-62/h13-31,33-36,38-41,51,57-58,69-77,83-84,97,112-113H,11-12,32,37,42-50,52-56,95H2,1-10H3,(H2,96,114)(H,98,123)(H,99,119)(H,100,116)(H,101,117)(H,102,118)(H,103,121)(H,104,122)(H,105,115)(H,106,120)/t69-,70-,71-,72-,73-,74-,75-,76-,77?,83-,84-/m0/s1.